The number of nitrogens with zero attached hydrogens (tertiary/aromatic N) is 1. The molecule has 0 radical (unpaired) electrons. The van der Waals surface area contributed by atoms with Gasteiger partial charge in [-0.2, -0.15) is 0 Å². The van der Waals surface area contributed by atoms with Gasteiger partial charge in [0.05, 0.1) is 10.6 Å². The van der Waals surface area contributed by atoms with E-state index in [0.29, 0.717) is 11.9 Å². The Morgan fingerprint density at radius 3 is 2.68 bits per heavy atom. The summed E-state index contributed by atoms with van der Waals surface area (Å²) >= 11 is 6.11. The average molecular weight is 279 g/mol. The van der Waals surface area contributed by atoms with E-state index in [1.807, 2.05) is 0 Å². The maximum atomic E-state index is 11.0. The lowest BCUT2D eigenvalue weighted by molar-refractivity contribution is 0.0697. The predicted octanol–water partition coefficient (Wildman–Crippen LogP) is 2.89. The molecule has 3 saturated carbocycles. The molecule has 1 aromatic heterocycles. The number of halogens is 1. The fraction of sp³-hybridized carbons (Fsp3) is 0.571. The number of hydrogen-bond acceptors (Lipinski definition) is 3. The molecule has 0 aliphatic heterocycles. The minimum Gasteiger partial charge on any atom is -0.478 e. The Bertz CT molecular complexity index is 546. The van der Waals surface area contributed by atoms with Gasteiger partial charge >= 0.3 is 5.97 Å². The van der Waals surface area contributed by atoms with Gasteiger partial charge in [-0.15, -0.1) is 0 Å². The zero-order chi connectivity index (χ0) is 13.1. The number of carboxylic acids is 1. The normalized spacial score (nSPS) is 38.1. The van der Waals surface area contributed by atoms with Gasteiger partial charge in [-0.1, -0.05) is 11.6 Å². The Kier molecular flexibility index (Phi) is 2.34. The van der Waals surface area contributed by atoms with Gasteiger partial charge in [0, 0.05) is 12.2 Å². The molecule has 1 heterocycles. The first kappa shape index (κ1) is 11.5. The van der Waals surface area contributed by atoms with E-state index < -0.39 is 5.97 Å². The highest BCUT2D eigenvalue weighted by molar-refractivity contribution is 6.35. The number of carbonyl (C=O) groups is 1. The number of carboxylic acid groups (broad SMARTS) is 1. The molecule has 19 heavy (non-hydrogen) atoms. The fourth-order valence-corrected chi connectivity index (χ4v) is 4.63. The molecular weight excluding hydrogens is 264 g/mol. The predicted molar refractivity (Wildman–Crippen MR) is 71.4 cm³/mol. The number of rotatable bonds is 3. The summed E-state index contributed by atoms with van der Waals surface area (Å²) in [6, 6.07) is 1.90. The van der Waals surface area contributed by atoms with Gasteiger partial charge in [0.15, 0.2) is 0 Å². The lowest BCUT2D eigenvalue weighted by atomic mass is 10.0. The van der Waals surface area contributed by atoms with Crippen molar-refractivity contribution in [2.75, 3.05) is 5.32 Å². The number of hydrogen-bond donors (Lipinski definition) is 2. The zero-order valence-electron chi connectivity index (χ0n) is 10.3. The summed E-state index contributed by atoms with van der Waals surface area (Å²) in [7, 11) is 0. The summed E-state index contributed by atoms with van der Waals surface area (Å²) in [5, 5.41) is 12.7. The highest BCUT2D eigenvalue weighted by Crippen LogP contribution is 2.66. The van der Waals surface area contributed by atoms with Crippen LogP contribution in [-0.2, 0) is 0 Å². The minimum absolute atomic E-state index is 0.118. The molecule has 0 saturated heterocycles. The van der Waals surface area contributed by atoms with Crippen LogP contribution >= 0.6 is 11.6 Å². The largest absolute Gasteiger partial charge is 0.478 e. The lowest BCUT2D eigenvalue weighted by Gasteiger charge is -2.12. The second-order valence-electron chi connectivity index (χ2n) is 5.98. The van der Waals surface area contributed by atoms with Gasteiger partial charge < -0.3 is 10.4 Å². The molecule has 4 rings (SSSR count). The maximum absolute atomic E-state index is 11.0. The second-order valence-corrected chi connectivity index (χ2v) is 6.36. The van der Waals surface area contributed by atoms with Crippen molar-refractivity contribution >= 4 is 23.4 Å². The molecule has 1 aromatic rings. The number of fused-ring (bicyclic) bond motifs is 5. The Morgan fingerprint density at radius 1 is 1.37 bits per heavy atom. The molecule has 0 spiro atoms. The summed E-state index contributed by atoms with van der Waals surface area (Å²) in [6.45, 7) is 0. The highest BCUT2D eigenvalue weighted by Gasteiger charge is 2.65. The number of pyridine rings is 1. The third-order valence-electron chi connectivity index (χ3n) is 5.16. The molecule has 3 aliphatic rings. The van der Waals surface area contributed by atoms with Crippen LogP contribution in [0, 0.1) is 23.7 Å². The van der Waals surface area contributed by atoms with Crippen LogP contribution in [0.25, 0.3) is 0 Å². The number of aromatic carboxylic acids is 1. The minimum atomic E-state index is -1.01. The van der Waals surface area contributed by atoms with Gasteiger partial charge in [0.25, 0.3) is 0 Å². The van der Waals surface area contributed by atoms with Gasteiger partial charge in [0.1, 0.15) is 5.82 Å². The molecule has 2 N–H and O–H groups in total. The van der Waals surface area contributed by atoms with Gasteiger partial charge in [-0.05, 0) is 49.0 Å². The number of nitrogens with one attached hydrogen (secondary N) is 1. The molecule has 3 fully saturated rings. The van der Waals surface area contributed by atoms with E-state index >= 15 is 0 Å². The molecule has 0 amide bonds. The van der Waals surface area contributed by atoms with Crippen LogP contribution in [-0.4, -0.2) is 22.1 Å². The average Bonchev–Trinajstić information content (AvgIpc) is 2.79. The first-order valence-electron chi connectivity index (χ1n) is 6.81. The Labute approximate surface area is 116 Å². The van der Waals surface area contributed by atoms with Crippen LogP contribution in [0.5, 0.6) is 0 Å². The Hall–Kier alpha value is -1.29. The molecular formula is C14H15ClN2O2. The van der Waals surface area contributed by atoms with Crippen LogP contribution in [0.1, 0.15) is 29.6 Å². The van der Waals surface area contributed by atoms with E-state index in [1.165, 1.54) is 31.5 Å². The Morgan fingerprint density at radius 2 is 2.05 bits per heavy atom. The van der Waals surface area contributed by atoms with Crippen molar-refractivity contribution in [3.8, 4) is 0 Å². The molecule has 3 aliphatic carbocycles. The van der Waals surface area contributed by atoms with Crippen LogP contribution in [0.4, 0.5) is 5.82 Å². The van der Waals surface area contributed by atoms with Crippen molar-refractivity contribution in [3.63, 3.8) is 0 Å². The quantitative estimate of drug-likeness (QED) is 0.892. The van der Waals surface area contributed by atoms with E-state index in [0.717, 1.165) is 23.7 Å². The molecule has 4 unspecified atom stereocenters. The van der Waals surface area contributed by atoms with Gasteiger partial charge in [-0.25, -0.2) is 9.78 Å². The summed E-state index contributed by atoms with van der Waals surface area (Å²) in [4.78, 5) is 15.2. The van der Waals surface area contributed by atoms with Crippen LogP contribution in [0.2, 0.25) is 5.02 Å². The first-order valence-corrected chi connectivity index (χ1v) is 7.19. The molecule has 2 bridgehead atoms. The fourth-order valence-electron chi connectivity index (χ4n) is 4.39. The van der Waals surface area contributed by atoms with E-state index in [9.17, 15) is 4.79 Å². The lowest BCUT2D eigenvalue weighted by Crippen LogP contribution is -2.14. The molecule has 100 valence electrons. The van der Waals surface area contributed by atoms with Crippen molar-refractivity contribution in [1.29, 1.82) is 0 Å². The van der Waals surface area contributed by atoms with E-state index in [4.69, 9.17) is 16.7 Å². The smallest absolute Gasteiger partial charge is 0.337 e. The van der Waals surface area contributed by atoms with Crippen LogP contribution in [0.3, 0.4) is 0 Å². The number of anilines is 1. The number of aromatic nitrogens is 1. The topological polar surface area (TPSA) is 62.2 Å². The molecule has 5 heteroatoms. The maximum Gasteiger partial charge on any atom is 0.337 e. The van der Waals surface area contributed by atoms with Crippen LogP contribution < -0.4 is 5.32 Å². The first-order chi connectivity index (χ1) is 9.16. The SMILES string of the molecule is O=C(O)c1ccnc(NC2C3C4CCC(C4)C23)c1Cl. The van der Waals surface area contributed by atoms with Crippen molar-refractivity contribution in [2.24, 2.45) is 23.7 Å². The molecule has 4 atom stereocenters. The zero-order valence-corrected chi connectivity index (χ0v) is 11.1. The van der Waals surface area contributed by atoms with Crippen molar-refractivity contribution in [1.82, 2.24) is 4.98 Å². The van der Waals surface area contributed by atoms with Crippen LogP contribution in [0.15, 0.2) is 12.3 Å². The third-order valence-corrected chi connectivity index (χ3v) is 5.54. The summed E-state index contributed by atoms with van der Waals surface area (Å²) in [6.07, 6.45) is 5.62. The van der Waals surface area contributed by atoms with Gasteiger partial charge in [-0.3, -0.25) is 0 Å². The van der Waals surface area contributed by atoms with Crippen molar-refractivity contribution in [2.45, 2.75) is 25.3 Å². The van der Waals surface area contributed by atoms with Gasteiger partial charge in [0.2, 0.25) is 0 Å². The summed E-state index contributed by atoms with van der Waals surface area (Å²) < 4.78 is 0. The van der Waals surface area contributed by atoms with E-state index in [-0.39, 0.29) is 10.6 Å². The van der Waals surface area contributed by atoms with E-state index in [1.54, 1.807) is 0 Å². The monoisotopic (exact) mass is 278 g/mol. The third kappa shape index (κ3) is 1.59. The Balaban J connectivity index is 1.56. The standard InChI is InChI=1S/C14H15ClN2O2/c15-11-8(14(18)19)3-4-16-13(11)17-12-9-6-1-2-7(5-6)10(9)12/h3-4,6-7,9-10,12H,1-2,5H2,(H,16,17)(H,18,19). The van der Waals surface area contributed by atoms with E-state index in [2.05, 4.69) is 10.3 Å². The second kappa shape index (κ2) is 3.85. The van der Waals surface area contributed by atoms with Crippen molar-refractivity contribution < 1.29 is 9.90 Å². The summed E-state index contributed by atoms with van der Waals surface area (Å²) in [5.74, 6) is 2.80. The summed E-state index contributed by atoms with van der Waals surface area (Å²) in [5.41, 5.74) is 0.118. The molecule has 0 aromatic carbocycles. The van der Waals surface area contributed by atoms with Crippen molar-refractivity contribution in [3.05, 3.63) is 22.8 Å². The molecule has 4 nitrogen and oxygen atoms in total. The highest BCUT2D eigenvalue weighted by atomic mass is 35.5.